The fourth-order valence-corrected chi connectivity index (χ4v) is 5.17. The lowest BCUT2D eigenvalue weighted by Gasteiger charge is -2.19. The Bertz CT molecular complexity index is 1470. The van der Waals surface area contributed by atoms with Crippen LogP contribution in [-0.2, 0) is 24.4 Å². The average molecular weight is 573 g/mol. The van der Waals surface area contributed by atoms with Gasteiger partial charge in [0, 0.05) is 17.7 Å². The normalized spacial score (nSPS) is 12.8. The number of hydrogen-bond acceptors (Lipinski definition) is 8. The number of halogens is 1. The molecule has 0 aliphatic rings. The SMILES string of the molecule is CC(C)S(=O)(=O)c1cc(Oc2ccc(S(C)(=O)=O)cc2)c2c(c1)c(Br)nn2C(=O)OC(C)(C)C. The van der Waals surface area contributed by atoms with Crippen molar-refractivity contribution in [2.24, 2.45) is 0 Å². The number of fused-ring (bicyclic) bond motifs is 1. The molecule has 34 heavy (non-hydrogen) atoms. The zero-order valence-electron chi connectivity index (χ0n) is 19.5. The molecule has 0 N–H and O–H groups in total. The summed E-state index contributed by atoms with van der Waals surface area (Å²) in [5.74, 6) is 0.272. The van der Waals surface area contributed by atoms with E-state index in [0.717, 1.165) is 10.9 Å². The van der Waals surface area contributed by atoms with Crippen LogP contribution in [0.15, 0.2) is 50.8 Å². The molecule has 1 aromatic heterocycles. The second-order valence-electron chi connectivity index (χ2n) is 8.94. The predicted octanol–water partition coefficient (Wildman–Crippen LogP) is 4.96. The number of hydrogen-bond donors (Lipinski definition) is 0. The van der Waals surface area contributed by atoms with Gasteiger partial charge in [0.05, 0.1) is 15.0 Å². The molecule has 0 spiro atoms. The zero-order valence-corrected chi connectivity index (χ0v) is 22.7. The average Bonchev–Trinajstić information content (AvgIpc) is 3.03. The molecule has 9 nitrogen and oxygen atoms in total. The molecule has 2 aromatic carbocycles. The van der Waals surface area contributed by atoms with Crippen LogP contribution in [0.4, 0.5) is 4.79 Å². The molecule has 3 aromatic rings. The second kappa shape index (κ2) is 8.97. The van der Waals surface area contributed by atoms with Gasteiger partial charge in [-0.15, -0.1) is 0 Å². The first-order valence-electron chi connectivity index (χ1n) is 10.2. The summed E-state index contributed by atoms with van der Waals surface area (Å²) in [6.07, 6.45) is 0.309. The van der Waals surface area contributed by atoms with Crippen molar-refractivity contribution in [1.29, 1.82) is 0 Å². The van der Waals surface area contributed by atoms with Crippen molar-refractivity contribution in [3.63, 3.8) is 0 Å². The van der Waals surface area contributed by atoms with Crippen molar-refractivity contribution in [3.8, 4) is 11.5 Å². The van der Waals surface area contributed by atoms with Gasteiger partial charge in [-0.05, 0) is 80.9 Å². The standard InChI is InChI=1S/C22H25BrN2O7S2/c1-13(2)34(29,30)16-11-17-19(25(24-20(17)23)21(26)32-22(3,4)5)18(12-16)31-14-7-9-15(10-8-14)33(6,27)28/h7-13H,1-6H3. The Morgan fingerprint density at radius 3 is 2.12 bits per heavy atom. The molecule has 0 aliphatic heterocycles. The van der Waals surface area contributed by atoms with Crippen LogP contribution in [0.25, 0.3) is 10.9 Å². The highest BCUT2D eigenvalue weighted by molar-refractivity contribution is 9.10. The number of nitrogens with zero attached hydrogens (tertiary/aromatic N) is 2. The van der Waals surface area contributed by atoms with Crippen LogP contribution in [0.2, 0.25) is 0 Å². The minimum atomic E-state index is -3.70. The predicted molar refractivity (Wildman–Crippen MR) is 131 cm³/mol. The first-order chi connectivity index (χ1) is 15.5. The number of rotatable bonds is 5. The summed E-state index contributed by atoms with van der Waals surface area (Å²) in [4.78, 5) is 12.9. The van der Waals surface area contributed by atoms with Gasteiger partial charge in [0.25, 0.3) is 0 Å². The van der Waals surface area contributed by atoms with Crippen molar-refractivity contribution >= 4 is 52.6 Å². The molecule has 184 valence electrons. The van der Waals surface area contributed by atoms with Gasteiger partial charge in [-0.1, -0.05) is 0 Å². The molecule has 0 radical (unpaired) electrons. The molecule has 0 saturated carbocycles. The van der Waals surface area contributed by atoms with Crippen molar-refractivity contribution < 1.29 is 31.1 Å². The third-order valence-electron chi connectivity index (χ3n) is 4.67. The fourth-order valence-electron chi connectivity index (χ4n) is 2.98. The Morgan fingerprint density at radius 1 is 1.03 bits per heavy atom. The van der Waals surface area contributed by atoms with Gasteiger partial charge in [-0.3, -0.25) is 0 Å². The quantitative estimate of drug-likeness (QED) is 0.420. The van der Waals surface area contributed by atoms with Gasteiger partial charge >= 0.3 is 6.09 Å². The van der Waals surface area contributed by atoms with E-state index in [9.17, 15) is 21.6 Å². The number of benzene rings is 2. The number of carbonyl (C=O) groups excluding carboxylic acids is 1. The van der Waals surface area contributed by atoms with Crippen LogP contribution in [-0.4, -0.2) is 49.8 Å². The summed E-state index contributed by atoms with van der Waals surface area (Å²) in [7, 11) is -7.11. The van der Waals surface area contributed by atoms with Crippen molar-refractivity contribution in [2.45, 2.75) is 55.3 Å². The summed E-state index contributed by atoms with van der Waals surface area (Å²) < 4.78 is 62.0. The summed E-state index contributed by atoms with van der Waals surface area (Å²) >= 11 is 3.30. The number of aromatic nitrogens is 2. The molecule has 1 heterocycles. The smallest absolute Gasteiger partial charge is 0.435 e. The van der Waals surface area contributed by atoms with Gasteiger partial charge in [0.2, 0.25) is 0 Å². The molecule has 0 atom stereocenters. The van der Waals surface area contributed by atoms with Crippen LogP contribution in [0, 0.1) is 0 Å². The highest BCUT2D eigenvalue weighted by Crippen LogP contribution is 2.38. The summed E-state index contributed by atoms with van der Waals surface area (Å²) in [5.41, 5.74) is -0.610. The summed E-state index contributed by atoms with van der Waals surface area (Å²) in [6.45, 7) is 8.24. The lowest BCUT2D eigenvalue weighted by atomic mass is 10.2. The number of carbonyl (C=O) groups is 1. The van der Waals surface area contributed by atoms with E-state index in [2.05, 4.69) is 21.0 Å². The third kappa shape index (κ3) is 5.44. The van der Waals surface area contributed by atoms with E-state index in [1.165, 1.54) is 36.4 Å². The van der Waals surface area contributed by atoms with Crippen LogP contribution < -0.4 is 4.74 Å². The molecule has 0 amide bonds. The topological polar surface area (TPSA) is 122 Å². The highest BCUT2D eigenvalue weighted by atomic mass is 79.9. The molecule has 12 heteroatoms. The van der Waals surface area contributed by atoms with Crippen molar-refractivity contribution in [2.75, 3.05) is 6.26 Å². The maximum absolute atomic E-state index is 12.9. The monoisotopic (exact) mass is 572 g/mol. The largest absolute Gasteiger partial charge is 0.455 e. The van der Waals surface area contributed by atoms with E-state index >= 15 is 0 Å². The number of sulfone groups is 2. The molecular weight excluding hydrogens is 548 g/mol. The lowest BCUT2D eigenvalue weighted by Crippen LogP contribution is -2.27. The molecule has 0 aliphatic carbocycles. The Kier molecular flexibility index (Phi) is 6.90. The molecule has 0 fully saturated rings. The molecule has 0 unspecified atom stereocenters. The minimum Gasteiger partial charge on any atom is -0.455 e. The number of ether oxygens (including phenoxy) is 2. The first-order valence-corrected chi connectivity index (χ1v) is 14.4. The highest BCUT2D eigenvalue weighted by Gasteiger charge is 2.28. The second-order valence-corrected chi connectivity index (χ2v) is 14.2. The van der Waals surface area contributed by atoms with Crippen LogP contribution in [0.3, 0.4) is 0 Å². The van der Waals surface area contributed by atoms with E-state index in [0.29, 0.717) is 5.39 Å². The van der Waals surface area contributed by atoms with Gasteiger partial charge in [0.1, 0.15) is 21.5 Å². The molecule has 3 rings (SSSR count). The lowest BCUT2D eigenvalue weighted by molar-refractivity contribution is 0.0521. The van der Waals surface area contributed by atoms with Gasteiger partial charge < -0.3 is 9.47 Å². The van der Waals surface area contributed by atoms with Crippen LogP contribution in [0.5, 0.6) is 11.5 Å². The Morgan fingerprint density at radius 2 is 1.62 bits per heavy atom. The Hall–Kier alpha value is -2.44. The summed E-state index contributed by atoms with van der Waals surface area (Å²) in [6, 6.07) is 8.36. The maximum atomic E-state index is 12.9. The van der Waals surface area contributed by atoms with Crippen molar-refractivity contribution in [1.82, 2.24) is 9.78 Å². The third-order valence-corrected chi connectivity index (χ3v) is 8.51. The first kappa shape index (κ1) is 26.2. The summed E-state index contributed by atoms with van der Waals surface area (Å²) in [5, 5.41) is 3.82. The van der Waals surface area contributed by atoms with E-state index < -0.39 is 36.6 Å². The fraction of sp³-hybridized carbons (Fsp3) is 0.364. The van der Waals surface area contributed by atoms with Crippen LogP contribution >= 0.6 is 15.9 Å². The van der Waals surface area contributed by atoms with Gasteiger partial charge in [-0.2, -0.15) is 9.78 Å². The van der Waals surface area contributed by atoms with Crippen molar-refractivity contribution in [3.05, 3.63) is 41.0 Å². The zero-order chi connectivity index (χ0) is 25.6. The minimum absolute atomic E-state index is 0.0119. The van der Waals surface area contributed by atoms with Crippen LogP contribution in [0.1, 0.15) is 34.6 Å². The van der Waals surface area contributed by atoms with E-state index in [4.69, 9.17) is 9.47 Å². The Labute approximate surface area is 207 Å². The van der Waals surface area contributed by atoms with E-state index in [1.54, 1.807) is 34.6 Å². The molecule has 0 bridgehead atoms. The Balaban J connectivity index is 2.24. The van der Waals surface area contributed by atoms with E-state index in [1.807, 2.05) is 0 Å². The van der Waals surface area contributed by atoms with Gasteiger partial charge in [0.15, 0.2) is 25.4 Å². The van der Waals surface area contributed by atoms with E-state index in [-0.39, 0.29) is 31.4 Å². The maximum Gasteiger partial charge on any atom is 0.435 e. The molecule has 0 saturated heterocycles. The van der Waals surface area contributed by atoms with Gasteiger partial charge in [-0.25, -0.2) is 21.6 Å². The molecular formula is C22H25BrN2O7S2.